The second-order valence-electron chi connectivity index (χ2n) is 5.72. The van der Waals surface area contributed by atoms with Crippen LogP contribution in [0, 0.1) is 0 Å². The summed E-state index contributed by atoms with van der Waals surface area (Å²) in [5.41, 5.74) is 0.521. The van der Waals surface area contributed by atoms with Gasteiger partial charge in [-0.15, -0.1) is 23.1 Å². The molecule has 1 aromatic carbocycles. The predicted octanol–water partition coefficient (Wildman–Crippen LogP) is 3.42. The van der Waals surface area contributed by atoms with E-state index in [1.165, 1.54) is 0 Å². The lowest BCUT2D eigenvalue weighted by atomic mass is 10.1. The van der Waals surface area contributed by atoms with Crippen LogP contribution in [0.4, 0.5) is 0 Å². The number of thioether (sulfide) groups is 1. The van der Waals surface area contributed by atoms with Gasteiger partial charge < -0.3 is 15.0 Å². The highest BCUT2D eigenvalue weighted by Gasteiger charge is 2.42. The van der Waals surface area contributed by atoms with E-state index in [1.54, 1.807) is 59.4 Å². The molecule has 26 heavy (non-hydrogen) atoms. The van der Waals surface area contributed by atoms with Gasteiger partial charge >= 0.3 is 0 Å². The summed E-state index contributed by atoms with van der Waals surface area (Å²) in [7, 11) is 1.58. The van der Waals surface area contributed by atoms with Crippen molar-refractivity contribution in [3.8, 4) is 0 Å². The molecule has 138 valence electrons. The minimum absolute atomic E-state index is 0.157. The number of methoxy groups -OCH3 is 1. The number of hydrogen-bond donors (Lipinski definition) is 1. The Balaban J connectivity index is 1.85. The molecule has 8 heteroatoms. The normalized spacial score (nSPS) is 19.5. The van der Waals surface area contributed by atoms with Gasteiger partial charge in [0, 0.05) is 34.9 Å². The highest BCUT2D eigenvalue weighted by Crippen LogP contribution is 2.43. The van der Waals surface area contributed by atoms with Crippen molar-refractivity contribution in [3.05, 3.63) is 57.2 Å². The van der Waals surface area contributed by atoms with E-state index in [-0.39, 0.29) is 17.2 Å². The number of carbonyl (C=O) groups is 2. The first-order chi connectivity index (χ1) is 12.6. The average molecular weight is 411 g/mol. The van der Waals surface area contributed by atoms with E-state index in [2.05, 4.69) is 5.32 Å². The molecule has 1 saturated heterocycles. The van der Waals surface area contributed by atoms with Crippen molar-refractivity contribution < 1.29 is 14.3 Å². The number of benzene rings is 1. The van der Waals surface area contributed by atoms with Crippen LogP contribution >= 0.6 is 34.7 Å². The molecular formula is C18H19ClN2O3S2. The van der Waals surface area contributed by atoms with Crippen molar-refractivity contribution in [1.82, 2.24) is 10.2 Å². The Morgan fingerprint density at radius 2 is 2.08 bits per heavy atom. The van der Waals surface area contributed by atoms with Crippen LogP contribution in [0.5, 0.6) is 0 Å². The lowest BCUT2D eigenvalue weighted by molar-refractivity contribution is -0.125. The summed E-state index contributed by atoms with van der Waals surface area (Å²) in [6.07, 6.45) is 0. The summed E-state index contributed by atoms with van der Waals surface area (Å²) in [4.78, 5) is 28.6. The second kappa shape index (κ2) is 8.90. The molecule has 1 aromatic heterocycles. The molecule has 2 heterocycles. The molecule has 1 fully saturated rings. The zero-order chi connectivity index (χ0) is 18.5. The molecule has 0 unspecified atom stereocenters. The van der Waals surface area contributed by atoms with Crippen LogP contribution in [0.15, 0.2) is 41.8 Å². The maximum atomic E-state index is 13.2. The minimum Gasteiger partial charge on any atom is -0.383 e. The standard InChI is InChI=1S/C18H19ClN2O3S2/c1-24-9-8-20-16(22)14-11-26-18(15-3-2-10-25-15)21(14)17(23)12-4-6-13(19)7-5-12/h2-7,10,14,18H,8-9,11H2,1H3,(H,20,22)/t14-,18-/m0/s1. The number of halogens is 1. The molecule has 2 amide bonds. The highest BCUT2D eigenvalue weighted by atomic mass is 35.5. The molecule has 1 N–H and O–H groups in total. The summed E-state index contributed by atoms with van der Waals surface area (Å²) in [6.45, 7) is 0.855. The number of carbonyl (C=O) groups excluding carboxylic acids is 2. The first-order valence-corrected chi connectivity index (χ1v) is 10.4. The number of ether oxygens (including phenoxy) is 1. The van der Waals surface area contributed by atoms with Crippen molar-refractivity contribution >= 4 is 46.5 Å². The molecule has 1 aliphatic rings. The monoisotopic (exact) mass is 410 g/mol. The first kappa shape index (κ1) is 19.2. The average Bonchev–Trinajstić information content (AvgIpc) is 3.31. The predicted molar refractivity (Wildman–Crippen MR) is 106 cm³/mol. The molecule has 0 radical (unpaired) electrons. The molecule has 2 atom stereocenters. The Morgan fingerprint density at radius 1 is 1.31 bits per heavy atom. The Bertz CT molecular complexity index is 752. The van der Waals surface area contributed by atoms with E-state index < -0.39 is 6.04 Å². The van der Waals surface area contributed by atoms with Crippen LogP contribution in [0.2, 0.25) is 5.02 Å². The van der Waals surface area contributed by atoms with Crippen LogP contribution in [-0.2, 0) is 9.53 Å². The van der Waals surface area contributed by atoms with Gasteiger partial charge in [0.2, 0.25) is 5.91 Å². The van der Waals surface area contributed by atoms with Crippen LogP contribution in [0.25, 0.3) is 0 Å². The van der Waals surface area contributed by atoms with Gasteiger partial charge in [-0.1, -0.05) is 17.7 Å². The van der Waals surface area contributed by atoms with Crippen LogP contribution in [0.1, 0.15) is 20.6 Å². The fraction of sp³-hybridized carbons (Fsp3) is 0.333. The second-order valence-corrected chi connectivity index (χ2v) is 8.25. The first-order valence-electron chi connectivity index (χ1n) is 8.11. The summed E-state index contributed by atoms with van der Waals surface area (Å²) < 4.78 is 4.98. The van der Waals surface area contributed by atoms with Crippen molar-refractivity contribution in [3.63, 3.8) is 0 Å². The van der Waals surface area contributed by atoms with E-state index in [4.69, 9.17) is 16.3 Å². The van der Waals surface area contributed by atoms with Crippen molar-refractivity contribution in [1.29, 1.82) is 0 Å². The third-order valence-corrected chi connectivity index (χ3v) is 6.65. The molecule has 3 rings (SSSR count). The molecule has 2 aromatic rings. The Hall–Kier alpha value is -1.54. The molecule has 1 aliphatic heterocycles. The van der Waals surface area contributed by atoms with Gasteiger partial charge in [0.05, 0.1) is 6.61 Å². The van der Waals surface area contributed by atoms with Crippen molar-refractivity contribution in [2.45, 2.75) is 11.4 Å². The number of nitrogens with zero attached hydrogens (tertiary/aromatic N) is 1. The molecule has 0 bridgehead atoms. The van der Waals surface area contributed by atoms with Crippen molar-refractivity contribution in [2.75, 3.05) is 26.0 Å². The Kier molecular flexibility index (Phi) is 6.58. The van der Waals surface area contributed by atoms with Gasteiger partial charge in [-0.25, -0.2) is 0 Å². The SMILES string of the molecule is COCCNC(=O)[C@@H]1CS[C@@H](c2cccs2)N1C(=O)c1ccc(Cl)cc1. The fourth-order valence-corrected chi connectivity index (χ4v) is 5.26. The summed E-state index contributed by atoms with van der Waals surface area (Å²) >= 11 is 9.13. The van der Waals surface area contributed by atoms with E-state index in [1.807, 2.05) is 17.5 Å². The van der Waals surface area contributed by atoms with E-state index in [0.717, 1.165) is 4.88 Å². The van der Waals surface area contributed by atoms with Gasteiger partial charge in [0.15, 0.2) is 0 Å². The van der Waals surface area contributed by atoms with Crippen LogP contribution in [-0.4, -0.2) is 48.8 Å². The minimum atomic E-state index is -0.521. The number of nitrogens with one attached hydrogen (secondary N) is 1. The summed E-state index contributed by atoms with van der Waals surface area (Å²) in [5.74, 6) is 0.230. The molecule has 0 spiro atoms. The third kappa shape index (κ3) is 4.23. The van der Waals surface area contributed by atoms with Crippen molar-refractivity contribution in [2.24, 2.45) is 0 Å². The lowest BCUT2D eigenvalue weighted by Crippen LogP contribution is -2.48. The van der Waals surface area contributed by atoms with Gasteiger partial charge in [-0.2, -0.15) is 0 Å². The molecule has 0 saturated carbocycles. The van der Waals surface area contributed by atoms with E-state index >= 15 is 0 Å². The number of hydrogen-bond acceptors (Lipinski definition) is 5. The van der Waals surface area contributed by atoms with E-state index in [0.29, 0.717) is 29.5 Å². The quantitative estimate of drug-likeness (QED) is 0.741. The largest absolute Gasteiger partial charge is 0.383 e. The van der Waals surface area contributed by atoms with Gasteiger partial charge in [-0.3, -0.25) is 9.59 Å². The smallest absolute Gasteiger partial charge is 0.255 e. The van der Waals surface area contributed by atoms with Gasteiger partial charge in [0.25, 0.3) is 5.91 Å². The lowest BCUT2D eigenvalue weighted by Gasteiger charge is -2.28. The Morgan fingerprint density at radius 3 is 2.73 bits per heavy atom. The van der Waals surface area contributed by atoms with Gasteiger partial charge in [-0.05, 0) is 35.7 Å². The zero-order valence-electron chi connectivity index (χ0n) is 14.2. The van der Waals surface area contributed by atoms with Crippen LogP contribution < -0.4 is 5.32 Å². The zero-order valence-corrected chi connectivity index (χ0v) is 16.6. The maximum Gasteiger partial charge on any atom is 0.255 e. The molecule has 5 nitrogen and oxygen atoms in total. The summed E-state index contributed by atoms with van der Waals surface area (Å²) in [6, 6.07) is 10.2. The number of thiophene rings is 1. The molecular weight excluding hydrogens is 392 g/mol. The maximum absolute atomic E-state index is 13.2. The summed E-state index contributed by atoms with van der Waals surface area (Å²) in [5, 5.41) is 5.23. The van der Waals surface area contributed by atoms with E-state index in [9.17, 15) is 9.59 Å². The topological polar surface area (TPSA) is 58.6 Å². The fourth-order valence-electron chi connectivity index (χ4n) is 2.74. The number of rotatable bonds is 6. The third-order valence-electron chi connectivity index (χ3n) is 4.02. The molecule has 0 aliphatic carbocycles. The van der Waals surface area contributed by atoms with Gasteiger partial charge in [0.1, 0.15) is 11.4 Å². The van der Waals surface area contributed by atoms with Crippen LogP contribution in [0.3, 0.4) is 0 Å². The Labute approximate surface area is 165 Å². The highest BCUT2D eigenvalue weighted by molar-refractivity contribution is 7.99. The number of amides is 2.